The number of benzene rings is 1. The highest BCUT2D eigenvalue weighted by Crippen LogP contribution is 2.12. The summed E-state index contributed by atoms with van der Waals surface area (Å²) in [5, 5.41) is 3.52. The third-order valence-electron chi connectivity index (χ3n) is 3.32. The Morgan fingerprint density at radius 3 is 3.06 bits per heavy atom. The fraction of sp³-hybridized carbons (Fsp3) is 0.600. The summed E-state index contributed by atoms with van der Waals surface area (Å²) in [6.07, 6.45) is 2.49. The Balaban J connectivity index is 1.73. The molecule has 0 spiro atoms. The van der Waals surface area contributed by atoms with Crippen LogP contribution in [0.3, 0.4) is 0 Å². The van der Waals surface area contributed by atoms with Gasteiger partial charge in [-0.1, -0.05) is 24.3 Å². The van der Waals surface area contributed by atoms with Crippen molar-refractivity contribution in [2.45, 2.75) is 26.0 Å². The van der Waals surface area contributed by atoms with Gasteiger partial charge in [-0.15, -0.1) is 0 Å². The maximum absolute atomic E-state index is 5.48. The van der Waals surface area contributed by atoms with Gasteiger partial charge in [-0.05, 0) is 29.9 Å². The van der Waals surface area contributed by atoms with E-state index < -0.39 is 0 Å². The lowest BCUT2D eigenvalue weighted by molar-refractivity contribution is 0.0547. The summed E-state index contributed by atoms with van der Waals surface area (Å²) in [7, 11) is 1.73. The molecule has 100 valence electrons. The molecule has 2 rings (SSSR count). The molecule has 18 heavy (non-hydrogen) atoms. The van der Waals surface area contributed by atoms with E-state index in [0.29, 0.717) is 12.5 Å². The molecular formula is C15H23NO2. The second-order valence-corrected chi connectivity index (χ2v) is 4.97. The van der Waals surface area contributed by atoms with Gasteiger partial charge in [-0.2, -0.15) is 0 Å². The molecule has 0 saturated carbocycles. The Hall–Kier alpha value is -0.900. The minimum absolute atomic E-state index is 0.681. The summed E-state index contributed by atoms with van der Waals surface area (Å²) >= 11 is 0. The molecule has 1 fully saturated rings. The third kappa shape index (κ3) is 4.41. The van der Waals surface area contributed by atoms with Gasteiger partial charge in [0.25, 0.3) is 0 Å². The highest BCUT2D eigenvalue weighted by Gasteiger charge is 2.12. The Kier molecular flexibility index (Phi) is 5.65. The van der Waals surface area contributed by atoms with Crippen LogP contribution in [0.2, 0.25) is 0 Å². The zero-order valence-electron chi connectivity index (χ0n) is 11.2. The molecule has 0 aromatic heterocycles. The van der Waals surface area contributed by atoms with Crippen molar-refractivity contribution in [1.29, 1.82) is 0 Å². The molecule has 0 amide bonds. The summed E-state index contributed by atoms with van der Waals surface area (Å²) in [5.41, 5.74) is 2.55. The molecule has 1 unspecified atom stereocenters. The van der Waals surface area contributed by atoms with Crippen molar-refractivity contribution < 1.29 is 9.47 Å². The van der Waals surface area contributed by atoms with Crippen LogP contribution in [0.4, 0.5) is 0 Å². The van der Waals surface area contributed by atoms with E-state index in [-0.39, 0.29) is 0 Å². The van der Waals surface area contributed by atoms with E-state index in [2.05, 4.69) is 29.6 Å². The molecular weight excluding hydrogens is 226 g/mol. The first-order valence-electron chi connectivity index (χ1n) is 6.73. The van der Waals surface area contributed by atoms with Crippen molar-refractivity contribution in [3.63, 3.8) is 0 Å². The fourth-order valence-corrected chi connectivity index (χ4v) is 2.39. The number of nitrogens with one attached hydrogen (secondary N) is 1. The minimum atomic E-state index is 0.681. The summed E-state index contributed by atoms with van der Waals surface area (Å²) in [4.78, 5) is 0. The van der Waals surface area contributed by atoms with E-state index in [0.717, 1.165) is 26.3 Å². The molecule has 0 aliphatic carbocycles. The second-order valence-electron chi connectivity index (χ2n) is 4.97. The number of hydrogen-bond acceptors (Lipinski definition) is 3. The van der Waals surface area contributed by atoms with E-state index in [1.54, 1.807) is 7.11 Å². The van der Waals surface area contributed by atoms with Crippen LogP contribution in [0.5, 0.6) is 0 Å². The van der Waals surface area contributed by atoms with Crippen LogP contribution in [0.1, 0.15) is 24.0 Å². The Morgan fingerprint density at radius 1 is 1.39 bits per heavy atom. The van der Waals surface area contributed by atoms with Crippen LogP contribution in [0, 0.1) is 5.92 Å². The average Bonchev–Trinajstić information content (AvgIpc) is 2.41. The number of rotatable bonds is 6. The zero-order valence-corrected chi connectivity index (χ0v) is 11.2. The van der Waals surface area contributed by atoms with Crippen molar-refractivity contribution in [3.8, 4) is 0 Å². The fourth-order valence-electron chi connectivity index (χ4n) is 2.39. The smallest absolute Gasteiger partial charge is 0.0713 e. The van der Waals surface area contributed by atoms with E-state index in [1.807, 2.05) is 0 Å². The first kappa shape index (κ1) is 13.5. The molecule has 1 aliphatic heterocycles. The summed E-state index contributed by atoms with van der Waals surface area (Å²) < 4.78 is 10.6. The lowest BCUT2D eigenvalue weighted by atomic mass is 10.0. The van der Waals surface area contributed by atoms with Crippen LogP contribution in [0.25, 0.3) is 0 Å². The van der Waals surface area contributed by atoms with Crippen LogP contribution in [0.15, 0.2) is 24.3 Å². The first-order chi connectivity index (χ1) is 8.88. The van der Waals surface area contributed by atoms with Gasteiger partial charge in [0.1, 0.15) is 0 Å². The molecule has 3 heteroatoms. The predicted octanol–water partition coefficient (Wildman–Crippen LogP) is 2.35. The van der Waals surface area contributed by atoms with Gasteiger partial charge >= 0.3 is 0 Å². The molecule has 1 aromatic carbocycles. The minimum Gasteiger partial charge on any atom is -0.381 e. The van der Waals surface area contributed by atoms with Crippen LogP contribution >= 0.6 is 0 Å². The van der Waals surface area contributed by atoms with E-state index >= 15 is 0 Å². The first-order valence-corrected chi connectivity index (χ1v) is 6.73. The number of methoxy groups -OCH3 is 1. The van der Waals surface area contributed by atoms with Crippen molar-refractivity contribution >= 4 is 0 Å². The van der Waals surface area contributed by atoms with Crippen molar-refractivity contribution in [1.82, 2.24) is 5.32 Å². The standard InChI is InChI=1S/C15H23NO2/c1-17-11-14-5-2-4-13(8-14)9-16-10-15-6-3-7-18-12-15/h2,4-5,8,15-16H,3,6-7,9-12H2,1H3. The van der Waals surface area contributed by atoms with Gasteiger partial charge < -0.3 is 14.8 Å². The Labute approximate surface area is 109 Å². The summed E-state index contributed by atoms with van der Waals surface area (Å²) in [5.74, 6) is 0.681. The monoisotopic (exact) mass is 249 g/mol. The summed E-state index contributed by atoms with van der Waals surface area (Å²) in [6, 6.07) is 8.55. The lowest BCUT2D eigenvalue weighted by Gasteiger charge is -2.22. The van der Waals surface area contributed by atoms with Crippen LogP contribution in [-0.2, 0) is 22.6 Å². The van der Waals surface area contributed by atoms with Crippen molar-refractivity contribution in [3.05, 3.63) is 35.4 Å². The number of hydrogen-bond donors (Lipinski definition) is 1. The maximum atomic E-state index is 5.48. The molecule has 1 aliphatic rings. The molecule has 1 aromatic rings. The molecule has 0 radical (unpaired) electrons. The SMILES string of the molecule is COCc1cccc(CNCC2CCCOC2)c1. The summed E-state index contributed by atoms with van der Waals surface area (Å²) in [6.45, 7) is 4.51. The van der Waals surface area contributed by atoms with Gasteiger partial charge in [0.15, 0.2) is 0 Å². The highest BCUT2D eigenvalue weighted by molar-refractivity contribution is 5.22. The Morgan fingerprint density at radius 2 is 2.28 bits per heavy atom. The van der Waals surface area contributed by atoms with E-state index in [4.69, 9.17) is 9.47 Å². The van der Waals surface area contributed by atoms with Gasteiger partial charge in [-0.3, -0.25) is 0 Å². The number of ether oxygens (including phenoxy) is 2. The molecule has 1 atom stereocenters. The molecule has 1 saturated heterocycles. The molecule has 1 heterocycles. The molecule has 0 bridgehead atoms. The van der Waals surface area contributed by atoms with Crippen LogP contribution < -0.4 is 5.32 Å². The Bertz CT molecular complexity index is 348. The zero-order chi connectivity index (χ0) is 12.6. The average molecular weight is 249 g/mol. The van der Waals surface area contributed by atoms with Crippen molar-refractivity contribution in [2.75, 3.05) is 26.9 Å². The van der Waals surface area contributed by atoms with Gasteiger partial charge in [0.2, 0.25) is 0 Å². The van der Waals surface area contributed by atoms with E-state index in [1.165, 1.54) is 24.0 Å². The molecule has 1 N–H and O–H groups in total. The predicted molar refractivity (Wildman–Crippen MR) is 72.4 cm³/mol. The largest absolute Gasteiger partial charge is 0.381 e. The molecule has 3 nitrogen and oxygen atoms in total. The lowest BCUT2D eigenvalue weighted by Crippen LogP contribution is -2.28. The maximum Gasteiger partial charge on any atom is 0.0713 e. The van der Waals surface area contributed by atoms with Gasteiger partial charge in [0.05, 0.1) is 13.2 Å². The topological polar surface area (TPSA) is 30.5 Å². The second kappa shape index (κ2) is 7.52. The van der Waals surface area contributed by atoms with E-state index in [9.17, 15) is 0 Å². The van der Waals surface area contributed by atoms with Crippen LogP contribution in [-0.4, -0.2) is 26.9 Å². The van der Waals surface area contributed by atoms with Gasteiger partial charge in [0, 0.05) is 26.8 Å². The van der Waals surface area contributed by atoms with Crippen molar-refractivity contribution in [2.24, 2.45) is 5.92 Å². The van der Waals surface area contributed by atoms with Gasteiger partial charge in [-0.25, -0.2) is 0 Å². The third-order valence-corrected chi connectivity index (χ3v) is 3.32. The quantitative estimate of drug-likeness (QED) is 0.839. The normalized spacial score (nSPS) is 19.9. The highest BCUT2D eigenvalue weighted by atomic mass is 16.5.